The summed E-state index contributed by atoms with van der Waals surface area (Å²) < 4.78 is 26.9. The lowest BCUT2D eigenvalue weighted by Crippen LogP contribution is -2.39. The minimum atomic E-state index is -0.0983. The topological polar surface area (TPSA) is 96.2 Å². The highest BCUT2D eigenvalue weighted by Crippen LogP contribution is 2.33. The van der Waals surface area contributed by atoms with Gasteiger partial charge in [-0.2, -0.15) is 4.98 Å². The van der Waals surface area contributed by atoms with Gasteiger partial charge in [0.25, 0.3) is 5.91 Å². The van der Waals surface area contributed by atoms with E-state index in [1.54, 1.807) is 63.7 Å². The monoisotopic (exact) mass is 453 g/mol. The van der Waals surface area contributed by atoms with Gasteiger partial charge in [-0.15, -0.1) is 0 Å². The van der Waals surface area contributed by atoms with Crippen molar-refractivity contribution in [3.8, 4) is 34.4 Å². The second-order valence-electron chi connectivity index (χ2n) is 7.68. The summed E-state index contributed by atoms with van der Waals surface area (Å²) in [6.45, 7) is 1.14. The molecule has 9 heteroatoms. The van der Waals surface area contributed by atoms with E-state index in [1.807, 2.05) is 6.07 Å². The van der Waals surface area contributed by atoms with E-state index in [-0.39, 0.29) is 11.8 Å². The van der Waals surface area contributed by atoms with Crippen LogP contribution in [0.15, 0.2) is 40.9 Å². The van der Waals surface area contributed by atoms with Crippen LogP contribution in [-0.2, 0) is 0 Å². The maximum absolute atomic E-state index is 13.2. The number of ether oxygens (including phenoxy) is 4. The van der Waals surface area contributed by atoms with Crippen molar-refractivity contribution in [2.45, 2.75) is 18.8 Å². The number of hydrogen-bond acceptors (Lipinski definition) is 8. The van der Waals surface area contributed by atoms with Crippen molar-refractivity contribution in [2.75, 3.05) is 41.5 Å². The first-order valence-corrected chi connectivity index (χ1v) is 10.6. The number of piperidine rings is 1. The fourth-order valence-corrected chi connectivity index (χ4v) is 4.00. The number of carbonyl (C=O) groups is 1. The first-order valence-electron chi connectivity index (χ1n) is 10.6. The smallest absolute Gasteiger partial charge is 0.257 e. The second-order valence-corrected chi connectivity index (χ2v) is 7.68. The van der Waals surface area contributed by atoms with Crippen molar-refractivity contribution in [2.24, 2.45) is 0 Å². The number of amides is 1. The molecule has 174 valence electrons. The summed E-state index contributed by atoms with van der Waals surface area (Å²) in [5.74, 6) is 3.16. The third-order valence-electron chi connectivity index (χ3n) is 5.78. The molecule has 33 heavy (non-hydrogen) atoms. The Kier molecular flexibility index (Phi) is 6.67. The Bertz CT molecular complexity index is 1130. The third-order valence-corrected chi connectivity index (χ3v) is 5.78. The molecule has 9 nitrogen and oxygen atoms in total. The molecule has 1 saturated heterocycles. The fourth-order valence-electron chi connectivity index (χ4n) is 4.00. The van der Waals surface area contributed by atoms with Gasteiger partial charge in [0.05, 0.1) is 39.9 Å². The van der Waals surface area contributed by atoms with Gasteiger partial charge in [0, 0.05) is 24.7 Å². The zero-order valence-electron chi connectivity index (χ0n) is 19.2. The Balaban J connectivity index is 1.52. The van der Waals surface area contributed by atoms with E-state index in [2.05, 4.69) is 10.1 Å². The van der Waals surface area contributed by atoms with E-state index in [1.165, 1.54) is 0 Å². The minimum absolute atomic E-state index is 0.0478. The lowest BCUT2D eigenvalue weighted by molar-refractivity contribution is 0.0692. The van der Waals surface area contributed by atoms with Crippen molar-refractivity contribution >= 4 is 5.91 Å². The van der Waals surface area contributed by atoms with Crippen LogP contribution in [0.25, 0.3) is 11.4 Å². The van der Waals surface area contributed by atoms with Gasteiger partial charge in [-0.25, -0.2) is 0 Å². The van der Waals surface area contributed by atoms with Gasteiger partial charge in [-0.05, 0) is 43.2 Å². The van der Waals surface area contributed by atoms with Crippen LogP contribution in [0.5, 0.6) is 23.0 Å². The number of nitrogens with zero attached hydrogens (tertiary/aromatic N) is 3. The lowest BCUT2D eigenvalue weighted by atomic mass is 9.97. The molecule has 3 aromatic rings. The van der Waals surface area contributed by atoms with Crippen molar-refractivity contribution in [1.82, 2.24) is 15.0 Å². The molecule has 4 rings (SSSR count). The number of likely N-dealkylation sites (tertiary alicyclic amines) is 1. The molecule has 2 aromatic carbocycles. The number of rotatable bonds is 7. The second kappa shape index (κ2) is 9.81. The Morgan fingerprint density at radius 3 is 2.48 bits per heavy atom. The average Bonchev–Trinajstić information content (AvgIpc) is 3.38. The summed E-state index contributed by atoms with van der Waals surface area (Å²) in [5.41, 5.74) is 1.25. The summed E-state index contributed by atoms with van der Waals surface area (Å²) >= 11 is 0. The number of carbonyl (C=O) groups excluding carboxylic acids is 1. The predicted octanol–water partition coefficient (Wildman–Crippen LogP) is 3.79. The van der Waals surface area contributed by atoms with Crippen LogP contribution < -0.4 is 18.9 Å². The van der Waals surface area contributed by atoms with Crippen LogP contribution in [0.1, 0.15) is 35.0 Å². The number of hydrogen-bond donors (Lipinski definition) is 0. The van der Waals surface area contributed by atoms with E-state index in [4.69, 9.17) is 23.5 Å². The van der Waals surface area contributed by atoms with Gasteiger partial charge in [-0.1, -0.05) is 5.16 Å². The molecule has 1 aromatic heterocycles. The van der Waals surface area contributed by atoms with Crippen LogP contribution in [0, 0.1) is 0 Å². The molecule has 0 radical (unpaired) electrons. The predicted molar refractivity (Wildman–Crippen MR) is 120 cm³/mol. The molecule has 0 N–H and O–H groups in total. The minimum Gasteiger partial charge on any atom is -0.497 e. The third kappa shape index (κ3) is 4.57. The maximum atomic E-state index is 13.2. The van der Waals surface area contributed by atoms with Crippen LogP contribution in [0.2, 0.25) is 0 Å². The molecule has 0 saturated carbocycles. The van der Waals surface area contributed by atoms with Gasteiger partial charge >= 0.3 is 0 Å². The van der Waals surface area contributed by atoms with E-state index < -0.39 is 0 Å². The molecule has 0 unspecified atom stereocenters. The Labute approximate surface area is 192 Å². The van der Waals surface area contributed by atoms with Gasteiger partial charge < -0.3 is 28.4 Å². The van der Waals surface area contributed by atoms with Crippen LogP contribution in [0.4, 0.5) is 0 Å². The van der Waals surface area contributed by atoms with Crippen molar-refractivity contribution in [3.63, 3.8) is 0 Å². The van der Waals surface area contributed by atoms with Gasteiger partial charge in [-0.3, -0.25) is 4.79 Å². The summed E-state index contributed by atoms with van der Waals surface area (Å²) in [5, 5.41) is 4.15. The van der Waals surface area contributed by atoms with Crippen molar-refractivity contribution < 1.29 is 28.3 Å². The summed E-state index contributed by atoms with van der Waals surface area (Å²) in [6, 6.07) is 10.6. The average molecular weight is 453 g/mol. The number of methoxy groups -OCH3 is 4. The SMILES string of the molecule is COc1ccc(C(=O)N2CCC[C@@H](c3nc(-c4ccc(OC)c(OC)c4)no3)C2)c(OC)c1. The van der Waals surface area contributed by atoms with Crippen molar-refractivity contribution in [3.05, 3.63) is 47.9 Å². The fraction of sp³-hybridized carbons (Fsp3) is 0.375. The highest BCUT2D eigenvalue weighted by Gasteiger charge is 2.30. The van der Waals surface area contributed by atoms with E-state index in [0.717, 1.165) is 18.4 Å². The normalized spacial score (nSPS) is 15.8. The molecule has 1 aliphatic rings. The first-order chi connectivity index (χ1) is 16.1. The van der Waals surface area contributed by atoms with E-state index in [0.29, 0.717) is 53.4 Å². The molecule has 2 heterocycles. The molecular formula is C24H27N3O6. The van der Waals surface area contributed by atoms with Crippen LogP contribution in [0.3, 0.4) is 0 Å². The zero-order chi connectivity index (χ0) is 23.4. The first kappa shape index (κ1) is 22.4. The molecule has 1 aliphatic heterocycles. The zero-order valence-corrected chi connectivity index (χ0v) is 19.2. The molecule has 1 atom stereocenters. The standard InChI is InChI=1S/C24H27N3O6/c1-29-17-8-9-18(20(13-17)31-3)24(28)27-11-5-6-16(14-27)23-25-22(26-33-23)15-7-10-19(30-2)21(12-15)32-4/h7-10,12-13,16H,5-6,11,14H2,1-4H3/t16-/m1/s1. The summed E-state index contributed by atoms with van der Waals surface area (Å²) in [4.78, 5) is 19.6. The molecule has 0 aliphatic carbocycles. The van der Waals surface area contributed by atoms with E-state index >= 15 is 0 Å². The molecule has 1 amide bonds. The number of aromatic nitrogens is 2. The number of benzene rings is 2. The Morgan fingerprint density at radius 2 is 1.76 bits per heavy atom. The largest absolute Gasteiger partial charge is 0.497 e. The summed E-state index contributed by atoms with van der Waals surface area (Å²) in [6.07, 6.45) is 1.69. The Hall–Kier alpha value is -3.75. The highest BCUT2D eigenvalue weighted by atomic mass is 16.5. The maximum Gasteiger partial charge on any atom is 0.257 e. The molecule has 1 fully saturated rings. The van der Waals surface area contributed by atoms with Gasteiger partial charge in [0.15, 0.2) is 11.5 Å². The quantitative estimate of drug-likeness (QED) is 0.533. The van der Waals surface area contributed by atoms with Gasteiger partial charge in [0.2, 0.25) is 11.7 Å². The van der Waals surface area contributed by atoms with Gasteiger partial charge in [0.1, 0.15) is 11.5 Å². The molecular weight excluding hydrogens is 426 g/mol. The molecule has 0 spiro atoms. The Morgan fingerprint density at radius 1 is 0.970 bits per heavy atom. The highest BCUT2D eigenvalue weighted by molar-refractivity contribution is 5.97. The van der Waals surface area contributed by atoms with Crippen LogP contribution in [-0.4, -0.2) is 62.5 Å². The summed E-state index contributed by atoms with van der Waals surface area (Å²) in [7, 11) is 6.28. The lowest BCUT2D eigenvalue weighted by Gasteiger charge is -2.31. The molecule has 0 bridgehead atoms. The van der Waals surface area contributed by atoms with Crippen molar-refractivity contribution in [1.29, 1.82) is 0 Å². The van der Waals surface area contributed by atoms with E-state index in [9.17, 15) is 4.79 Å². The van der Waals surface area contributed by atoms with Crippen LogP contribution >= 0.6 is 0 Å².